The predicted molar refractivity (Wildman–Crippen MR) is 96.7 cm³/mol. The summed E-state index contributed by atoms with van der Waals surface area (Å²) < 4.78 is 14.4. The molecular formula is C16H16ClFN4O3S. The third-order valence-electron chi connectivity index (χ3n) is 3.87. The zero-order valence-electron chi connectivity index (χ0n) is 13.5. The second-order valence-electron chi connectivity index (χ2n) is 5.67. The Morgan fingerprint density at radius 1 is 1.46 bits per heavy atom. The van der Waals surface area contributed by atoms with Crippen LogP contribution in [0.1, 0.15) is 27.9 Å². The first kappa shape index (κ1) is 18.7. The van der Waals surface area contributed by atoms with Gasteiger partial charge in [0.15, 0.2) is 5.69 Å². The summed E-state index contributed by atoms with van der Waals surface area (Å²) in [5, 5.41) is 12.5. The average Bonchev–Trinajstić information content (AvgIpc) is 2.63. The van der Waals surface area contributed by atoms with Crippen LogP contribution in [0.25, 0.3) is 0 Å². The number of benzene rings is 1. The van der Waals surface area contributed by atoms with E-state index < -0.39 is 17.2 Å². The minimum Gasteiger partial charge on any atom is -0.501 e. The van der Waals surface area contributed by atoms with Crippen LogP contribution < -0.4 is 10.9 Å². The molecule has 1 aliphatic rings. The molecule has 1 unspecified atom stereocenters. The van der Waals surface area contributed by atoms with Crippen molar-refractivity contribution in [1.82, 2.24) is 19.7 Å². The number of aromatic amines is 1. The van der Waals surface area contributed by atoms with E-state index in [4.69, 9.17) is 11.8 Å². The summed E-state index contributed by atoms with van der Waals surface area (Å²) in [6.45, 7) is 0.705. The van der Waals surface area contributed by atoms with Crippen molar-refractivity contribution >= 4 is 29.4 Å². The molecule has 0 radical (unpaired) electrons. The molecule has 7 nitrogen and oxygen atoms in total. The topological polar surface area (TPSA) is 98.3 Å². The standard InChI is InChI=1S/C16H16ClFN4O3S/c17-22-5-6-26-8-11(22)14-20-12(13(23)16(25)21-14)15(24)19-7-9-1-3-10(18)4-2-9/h1-4,11,23H,5-8H2,(H,19,24)(H,20,21,25). The maximum Gasteiger partial charge on any atom is 0.293 e. The second-order valence-corrected chi connectivity index (χ2v) is 7.26. The Balaban J connectivity index is 1.80. The fourth-order valence-corrected chi connectivity index (χ4v) is 3.95. The highest BCUT2D eigenvalue weighted by Crippen LogP contribution is 2.29. The van der Waals surface area contributed by atoms with Gasteiger partial charge in [-0.1, -0.05) is 12.1 Å². The monoisotopic (exact) mass is 398 g/mol. The molecule has 26 heavy (non-hydrogen) atoms. The molecule has 0 bridgehead atoms. The molecule has 0 spiro atoms. The number of H-pyrrole nitrogens is 1. The number of hydrogen-bond acceptors (Lipinski definition) is 6. The highest BCUT2D eigenvalue weighted by molar-refractivity contribution is 7.99. The normalized spacial score (nSPS) is 17.8. The molecule has 1 amide bonds. The number of rotatable bonds is 4. The van der Waals surface area contributed by atoms with Gasteiger partial charge in [-0.15, -0.1) is 0 Å². The van der Waals surface area contributed by atoms with E-state index in [1.807, 2.05) is 0 Å². The number of hydrogen-bond donors (Lipinski definition) is 3. The van der Waals surface area contributed by atoms with Gasteiger partial charge < -0.3 is 15.4 Å². The lowest BCUT2D eigenvalue weighted by Gasteiger charge is -2.28. The number of amides is 1. The largest absolute Gasteiger partial charge is 0.501 e. The number of aromatic nitrogens is 2. The van der Waals surface area contributed by atoms with E-state index >= 15 is 0 Å². The van der Waals surface area contributed by atoms with Crippen LogP contribution >= 0.6 is 23.5 Å². The van der Waals surface area contributed by atoms with Crippen LogP contribution in [0.5, 0.6) is 5.75 Å². The first-order valence-electron chi connectivity index (χ1n) is 7.81. The molecule has 3 N–H and O–H groups in total. The lowest BCUT2D eigenvalue weighted by molar-refractivity contribution is 0.0941. The molecule has 1 aliphatic heterocycles. The van der Waals surface area contributed by atoms with Gasteiger partial charge in [-0.25, -0.2) is 13.8 Å². The maximum atomic E-state index is 12.9. The van der Waals surface area contributed by atoms with Gasteiger partial charge in [-0.05, 0) is 29.5 Å². The summed E-state index contributed by atoms with van der Waals surface area (Å²) in [6.07, 6.45) is 0. The van der Waals surface area contributed by atoms with Crippen LogP contribution in [0, 0.1) is 5.82 Å². The number of aromatic hydroxyl groups is 1. The number of nitrogens with one attached hydrogen (secondary N) is 2. The Bertz CT molecular complexity index is 862. The van der Waals surface area contributed by atoms with Gasteiger partial charge in [0, 0.05) is 24.6 Å². The van der Waals surface area contributed by atoms with Crippen molar-refractivity contribution in [1.29, 1.82) is 0 Å². The molecule has 10 heteroatoms. The van der Waals surface area contributed by atoms with Gasteiger partial charge in [0.2, 0.25) is 5.75 Å². The minimum absolute atomic E-state index is 0.100. The molecule has 1 aromatic heterocycles. The Morgan fingerprint density at radius 3 is 2.88 bits per heavy atom. The molecular weight excluding hydrogens is 383 g/mol. The lowest BCUT2D eigenvalue weighted by atomic mass is 10.2. The Kier molecular flexibility index (Phi) is 5.80. The molecule has 2 aromatic rings. The number of nitrogens with zero attached hydrogens (tertiary/aromatic N) is 2. The lowest BCUT2D eigenvalue weighted by Crippen LogP contribution is -2.33. The quantitative estimate of drug-likeness (QED) is 0.679. The van der Waals surface area contributed by atoms with Crippen molar-refractivity contribution < 1.29 is 14.3 Å². The zero-order chi connectivity index (χ0) is 18.7. The van der Waals surface area contributed by atoms with Crippen molar-refractivity contribution in [2.75, 3.05) is 18.1 Å². The molecule has 1 atom stereocenters. The Hall–Kier alpha value is -2.10. The first-order chi connectivity index (χ1) is 12.5. The fraction of sp³-hybridized carbons (Fsp3) is 0.312. The summed E-state index contributed by atoms with van der Waals surface area (Å²) >= 11 is 7.81. The smallest absolute Gasteiger partial charge is 0.293 e. The van der Waals surface area contributed by atoms with Gasteiger partial charge in [0.05, 0.1) is 6.04 Å². The van der Waals surface area contributed by atoms with Crippen molar-refractivity contribution in [3.63, 3.8) is 0 Å². The summed E-state index contributed by atoms with van der Waals surface area (Å²) in [5.74, 6) is -0.156. The zero-order valence-corrected chi connectivity index (χ0v) is 15.1. The second kappa shape index (κ2) is 8.07. The van der Waals surface area contributed by atoms with Gasteiger partial charge >= 0.3 is 0 Å². The number of carbonyl (C=O) groups is 1. The molecule has 2 heterocycles. The third-order valence-corrected chi connectivity index (χ3v) is 5.30. The number of halogens is 2. The maximum absolute atomic E-state index is 12.9. The molecule has 0 saturated carbocycles. The van der Waals surface area contributed by atoms with Crippen molar-refractivity contribution in [3.05, 3.63) is 57.5 Å². The molecule has 1 fully saturated rings. The van der Waals surface area contributed by atoms with E-state index in [1.165, 1.54) is 28.7 Å². The van der Waals surface area contributed by atoms with Gasteiger partial charge in [-0.2, -0.15) is 11.8 Å². The summed E-state index contributed by atoms with van der Waals surface area (Å²) in [6, 6.07) is 5.23. The van der Waals surface area contributed by atoms with E-state index in [0.717, 1.165) is 5.75 Å². The predicted octanol–water partition coefficient (Wildman–Crippen LogP) is 1.79. The number of carbonyl (C=O) groups excluding carboxylic acids is 1. The third kappa shape index (κ3) is 4.17. The van der Waals surface area contributed by atoms with E-state index in [-0.39, 0.29) is 29.9 Å². The van der Waals surface area contributed by atoms with Crippen LogP contribution in [0.2, 0.25) is 0 Å². The highest BCUT2D eigenvalue weighted by atomic mass is 35.5. The number of thioether (sulfide) groups is 1. The summed E-state index contributed by atoms with van der Waals surface area (Å²) in [7, 11) is 0. The highest BCUT2D eigenvalue weighted by Gasteiger charge is 2.28. The van der Waals surface area contributed by atoms with Crippen LogP contribution in [0.3, 0.4) is 0 Å². The van der Waals surface area contributed by atoms with E-state index in [0.29, 0.717) is 17.9 Å². The van der Waals surface area contributed by atoms with Crippen LogP contribution in [0.4, 0.5) is 4.39 Å². The summed E-state index contributed by atoms with van der Waals surface area (Å²) in [4.78, 5) is 30.9. The van der Waals surface area contributed by atoms with E-state index in [2.05, 4.69) is 15.3 Å². The minimum atomic E-state index is -0.803. The fourth-order valence-electron chi connectivity index (χ4n) is 2.46. The van der Waals surface area contributed by atoms with Crippen molar-refractivity contribution in [3.8, 4) is 5.75 Å². The SMILES string of the molecule is O=C(NCc1ccc(F)cc1)c1nc(C2CSCCN2Cl)[nH]c(=O)c1O. The van der Waals surface area contributed by atoms with Gasteiger partial charge in [0.1, 0.15) is 11.6 Å². The molecule has 1 aromatic carbocycles. The van der Waals surface area contributed by atoms with Gasteiger partial charge in [-0.3, -0.25) is 9.59 Å². The summed E-state index contributed by atoms with van der Waals surface area (Å²) in [5.41, 5.74) is -0.506. The average molecular weight is 399 g/mol. The van der Waals surface area contributed by atoms with Crippen molar-refractivity contribution in [2.45, 2.75) is 12.6 Å². The molecule has 0 aliphatic carbocycles. The van der Waals surface area contributed by atoms with Crippen LogP contribution in [-0.4, -0.2) is 43.5 Å². The van der Waals surface area contributed by atoms with Crippen LogP contribution in [-0.2, 0) is 6.54 Å². The van der Waals surface area contributed by atoms with Crippen LogP contribution in [0.15, 0.2) is 29.1 Å². The van der Waals surface area contributed by atoms with Gasteiger partial charge in [0.25, 0.3) is 11.5 Å². The molecule has 1 saturated heterocycles. The van der Waals surface area contributed by atoms with Crippen molar-refractivity contribution in [2.24, 2.45) is 0 Å². The first-order valence-corrected chi connectivity index (χ1v) is 9.31. The Morgan fingerprint density at radius 2 is 2.19 bits per heavy atom. The Labute approximate surface area is 157 Å². The van der Waals surface area contributed by atoms with E-state index in [1.54, 1.807) is 11.8 Å². The molecule has 138 valence electrons. The molecule has 3 rings (SSSR count). The van der Waals surface area contributed by atoms with E-state index in [9.17, 15) is 19.1 Å².